The lowest BCUT2D eigenvalue weighted by atomic mass is 10.1. The minimum Gasteiger partial charge on any atom is -0.354 e. The Hall–Kier alpha value is -3.58. The summed E-state index contributed by atoms with van der Waals surface area (Å²) < 4.78 is 0. The summed E-state index contributed by atoms with van der Waals surface area (Å²) in [5.74, 6) is 0.0593. The largest absolute Gasteiger partial charge is 0.354 e. The van der Waals surface area contributed by atoms with Crippen LogP contribution in [0.5, 0.6) is 0 Å². The minimum atomic E-state index is -0.575. The van der Waals surface area contributed by atoms with Gasteiger partial charge in [-0.1, -0.05) is 11.6 Å². The van der Waals surface area contributed by atoms with Gasteiger partial charge in [-0.3, -0.25) is 15.1 Å². The summed E-state index contributed by atoms with van der Waals surface area (Å²) in [6, 6.07) is 4.76. The van der Waals surface area contributed by atoms with E-state index >= 15 is 0 Å². The highest BCUT2D eigenvalue weighted by atomic mass is 35.5. The van der Waals surface area contributed by atoms with Crippen LogP contribution in [-0.4, -0.2) is 30.5 Å². The minimum absolute atomic E-state index is 0.0463. The van der Waals surface area contributed by atoms with E-state index in [0.717, 1.165) is 0 Å². The van der Waals surface area contributed by atoms with Crippen molar-refractivity contribution in [3.8, 4) is 6.07 Å². The van der Waals surface area contributed by atoms with E-state index in [1.807, 2.05) is 6.07 Å². The lowest BCUT2D eigenvalue weighted by Crippen LogP contribution is -1.99. The number of halogens is 1. The molecule has 0 saturated carbocycles. The molecule has 0 radical (unpaired) electrons. The number of aromatic amines is 1. The summed E-state index contributed by atoms with van der Waals surface area (Å²) in [7, 11) is 0. The Bertz CT molecular complexity index is 993. The van der Waals surface area contributed by atoms with Crippen molar-refractivity contribution in [2.45, 2.75) is 0 Å². The number of hydrogen-bond acceptors (Lipinski definition) is 8. The van der Waals surface area contributed by atoms with E-state index in [4.69, 9.17) is 16.9 Å². The molecule has 2 aromatic heterocycles. The molecule has 0 aliphatic heterocycles. The van der Waals surface area contributed by atoms with Crippen molar-refractivity contribution >= 4 is 39.3 Å². The third-order valence-corrected chi connectivity index (χ3v) is 3.44. The summed E-state index contributed by atoms with van der Waals surface area (Å²) in [6.07, 6.45) is 4.23. The molecule has 0 amide bonds. The number of anilines is 1. The van der Waals surface area contributed by atoms with Gasteiger partial charge in [0.05, 0.1) is 9.95 Å². The van der Waals surface area contributed by atoms with Crippen LogP contribution in [0.1, 0.15) is 5.82 Å². The van der Waals surface area contributed by atoms with E-state index in [2.05, 4.69) is 30.9 Å². The van der Waals surface area contributed by atoms with Crippen LogP contribution in [0, 0.1) is 21.4 Å². The number of aromatic nitrogens is 5. The molecule has 0 saturated heterocycles. The molecule has 3 aromatic rings. The number of nitriles is 1. The number of nitrogens with one attached hydrogen (secondary N) is 2. The summed E-state index contributed by atoms with van der Waals surface area (Å²) in [5, 5.41) is 37.5. The van der Waals surface area contributed by atoms with Crippen molar-refractivity contribution in [3.63, 3.8) is 0 Å². The highest BCUT2D eigenvalue weighted by Gasteiger charge is 2.19. The van der Waals surface area contributed by atoms with Gasteiger partial charge >= 0.3 is 0 Å². The predicted octanol–water partition coefficient (Wildman–Crippen LogP) is 2.29. The first-order valence-electron chi connectivity index (χ1n) is 6.43. The molecule has 118 valence electrons. The molecular weight excluding hydrogens is 336 g/mol. The molecule has 0 fully saturated rings. The number of pyridine rings is 1. The normalized spacial score (nSPS) is 11.2. The average Bonchev–Trinajstić information content (AvgIpc) is 3.11. The standard InChI is InChI=1S/C13H7ClN8O2/c14-10-3-11(22(23)24)12(9-6-16-2-1-8(9)10)17-5-7(4-15)13-18-20-21-19-13/h1-3,5-6,17H,(H,18,19,20,21). The molecular formula is C13H7ClN8O2. The zero-order valence-electron chi connectivity index (χ0n) is 11.8. The van der Waals surface area contributed by atoms with Crippen LogP contribution in [0.3, 0.4) is 0 Å². The van der Waals surface area contributed by atoms with Crippen molar-refractivity contribution in [1.29, 1.82) is 5.26 Å². The summed E-state index contributed by atoms with van der Waals surface area (Å²) in [5.41, 5.74) is -0.0454. The zero-order chi connectivity index (χ0) is 17.1. The Morgan fingerprint density at radius 3 is 3.00 bits per heavy atom. The molecule has 0 spiro atoms. The number of benzene rings is 1. The molecule has 2 heterocycles. The van der Waals surface area contributed by atoms with E-state index in [9.17, 15) is 10.1 Å². The van der Waals surface area contributed by atoms with Crippen molar-refractivity contribution in [3.05, 3.63) is 51.7 Å². The summed E-state index contributed by atoms with van der Waals surface area (Å²) in [6.45, 7) is 0. The van der Waals surface area contributed by atoms with E-state index in [1.54, 1.807) is 6.07 Å². The Balaban J connectivity index is 2.15. The van der Waals surface area contributed by atoms with Crippen LogP contribution in [0.4, 0.5) is 11.4 Å². The fourth-order valence-electron chi connectivity index (χ4n) is 2.07. The number of nitro groups is 1. The number of nitrogens with zero attached hydrogens (tertiary/aromatic N) is 6. The van der Waals surface area contributed by atoms with Crippen LogP contribution in [-0.2, 0) is 0 Å². The van der Waals surface area contributed by atoms with Crippen molar-refractivity contribution in [1.82, 2.24) is 25.6 Å². The Labute approximate surface area is 138 Å². The molecule has 24 heavy (non-hydrogen) atoms. The molecule has 11 heteroatoms. The number of fused-ring (bicyclic) bond motifs is 1. The second-order valence-corrected chi connectivity index (χ2v) is 4.89. The van der Waals surface area contributed by atoms with Crippen LogP contribution in [0.25, 0.3) is 16.3 Å². The van der Waals surface area contributed by atoms with Gasteiger partial charge in [0.25, 0.3) is 5.69 Å². The van der Waals surface area contributed by atoms with Gasteiger partial charge in [0.1, 0.15) is 17.3 Å². The molecule has 3 rings (SSSR count). The Kier molecular flexibility index (Phi) is 4.00. The summed E-state index contributed by atoms with van der Waals surface area (Å²) in [4.78, 5) is 14.7. The third-order valence-electron chi connectivity index (χ3n) is 3.13. The molecule has 0 aliphatic rings. The molecule has 0 bridgehead atoms. The van der Waals surface area contributed by atoms with E-state index < -0.39 is 4.92 Å². The quantitative estimate of drug-likeness (QED) is 0.417. The fourth-order valence-corrected chi connectivity index (χ4v) is 2.34. The van der Waals surface area contributed by atoms with Crippen LogP contribution in [0.2, 0.25) is 5.02 Å². The molecule has 10 nitrogen and oxygen atoms in total. The van der Waals surface area contributed by atoms with Crippen molar-refractivity contribution in [2.24, 2.45) is 0 Å². The number of hydrogen-bond donors (Lipinski definition) is 2. The van der Waals surface area contributed by atoms with Crippen molar-refractivity contribution in [2.75, 3.05) is 5.32 Å². The number of allylic oxidation sites excluding steroid dienone is 1. The van der Waals surface area contributed by atoms with Gasteiger partial charge < -0.3 is 5.32 Å². The topological polar surface area (TPSA) is 146 Å². The average molecular weight is 343 g/mol. The monoisotopic (exact) mass is 342 g/mol. The first kappa shape index (κ1) is 15.3. The lowest BCUT2D eigenvalue weighted by molar-refractivity contribution is -0.383. The third kappa shape index (κ3) is 2.71. The number of H-pyrrole nitrogens is 1. The maximum Gasteiger partial charge on any atom is 0.294 e. The molecule has 0 atom stereocenters. The van der Waals surface area contributed by atoms with Crippen molar-refractivity contribution < 1.29 is 4.92 Å². The van der Waals surface area contributed by atoms with Gasteiger partial charge in [0.2, 0.25) is 5.82 Å². The Morgan fingerprint density at radius 1 is 1.50 bits per heavy atom. The highest BCUT2D eigenvalue weighted by Crippen LogP contribution is 2.37. The number of tetrazole rings is 1. The van der Waals surface area contributed by atoms with Gasteiger partial charge in [-0.25, -0.2) is 0 Å². The maximum absolute atomic E-state index is 11.3. The van der Waals surface area contributed by atoms with Gasteiger partial charge in [0.15, 0.2) is 0 Å². The molecule has 2 N–H and O–H groups in total. The van der Waals surface area contributed by atoms with E-state index in [-0.39, 0.29) is 27.8 Å². The van der Waals surface area contributed by atoms with Crippen LogP contribution < -0.4 is 5.32 Å². The zero-order valence-corrected chi connectivity index (χ0v) is 12.5. The summed E-state index contributed by atoms with van der Waals surface area (Å²) >= 11 is 6.09. The molecule has 0 unspecified atom stereocenters. The van der Waals surface area contributed by atoms with Gasteiger partial charge in [-0.05, 0) is 11.3 Å². The molecule has 1 aromatic carbocycles. The van der Waals surface area contributed by atoms with Gasteiger partial charge in [0, 0.05) is 35.4 Å². The van der Waals surface area contributed by atoms with E-state index in [1.165, 1.54) is 24.7 Å². The predicted molar refractivity (Wildman–Crippen MR) is 84.8 cm³/mol. The fraction of sp³-hybridized carbons (Fsp3) is 0. The van der Waals surface area contributed by atoms with Gasteiger partial charge in [-0.2, -0.15) is 10.5 Å². The number of rotatable bonds is 4. The second kappa shape index (κ2) is 6.27. The van der Waals surface area contributed by atoms with Gasteiger partial charge in [-0.15, -0.1) is 10.2 Å². The Morgan fingerprint density at radius 2 is 2.33 bits per heavy atom. The van der Waals surface area contributed by atoms with Crippen LogP contribution in [0.15, 0.2) is 30.7 Å². The first-order valence-corrected chi connectivity index (χ1v) is 6.81. The first-order chi connectivity index (χ1) is 11.6. The lowest BCUT2D eigenvalue weighted by Gasteiger charge is -2.08. The van der Waals surface area contributed by atoms with E-state index in [0.29, 0.717) is 10.8 Å². The smallest absolute Gasteiger partial charge is 0.294 e. The van der Waals surface area contributed by atoms with Crippen LogP contribution >= 0.6 is 11.6 Å². The molecule has 0 aliphatic carbocycles. The maximum atomic E-state index is 11.3. The SMILES string of the molecule is N#CC(=CNc1c([N+](=O)[O-])cc(Cl)c2ccncc12)c1nn[nH]n1. The highest BCUT2D eigenvalue weighted by molar-refractivity contribution is 6.36. The second-order valence-electron chi connectivity index (χ2n) is 4.48. The number of nitro benzene ring substituents is 1.